The van der Waals surface area contributed by atoms with Crippen LogP contribution in [0.3, 0.4) is 0 Å². The Balaban J connectivity index is 2.06. The lowest BCUT2D eigenvalue weighted by Crippen LogP contribution is -2.58. The van der Waals surface area contributed by atoms with E-state index in [2.05, 4.69) is 10.6 Å². The summed E-state index contributed by atoms with van der Waals surface area (Å²) in [6.45, 7) is 4.48. The van der Waals surface area contributed by atoms with Gasteiger partial charge in [-0.25, -0.2) is 0 Å². The predicted octanol–water partition coefficient (Wildman–Crippen LogP) is 0.671. The maximum absolute atomic E-state index is 12.2. The molecule has 1 unspecified atom stereocenters. The van der Waals surface area contributed by atoms with Gasteiger partial charge in [-0.2, -0.15) is 0 Å². The van der Waals surface area contributed by atoms with Crippen LogP contribution in [0.4, 0.5) is 5.69 Å². The molecule has 1 aromatic carbocycles. The molecule has 1 heterocycles. The molecule has 3 amide bonds. The van der Waals surface area contributed by atoms with Crippen LogP contribution in [0.1, 0.15) is 18.9 Å². The second-order valence-corrected chi connectivity index (χ2v) is 5.03. The van der Waals surface area contributed by atoms with Gasteiger partial charge in [-0.05, 0) is 25.5 Å². The molecule has 1 fully saturated rings. The van der Waals surface area contributed by atoms with E-state index in [1.54, 1.807) is 12.1 Å². The van der Waals surface area contributed by atoms with E-state index in [4.69, 9.17) is 0 Å². The Kier molecular flexibility index (Phi) is 4.57. The zero-order valence-electron chi connectivity index (χ0n) is 12.2. The van der Waals surface area contributed by atoms with E-state index in [0.29, 0.717) is 25.2 Å². The van der Waals surface area contributed by atoms with Crippen molar-refractivity contribution in [3.05, 3.63) is 29.8 Å². The molecule has 0 bridgehead atoms. The number of nitrogens with one attached hydrogen (secondary N) is 2. The smallest absolute Gasteiger partial charge is 0.313 e. The molecule has 0 spiro atoms. The summed E-state index contributed by atoms with van der Waals surface area (Å²) < 4.78 is 0. The lowest BCUT2D eigenvalue weighted by Gasteiger charge is -2.33. The first-order valence-electron chi connectivity index (χ1n) is 6.99. The van der Waals surface area contributed by atoms with Crippen LogP contribution in [0.15, 0.2) is 24.3 Å². The largest absolute Gasteiger partial charge is 0.353 e. The first kappa shape index (κ1) is 15.0. The van der Waals surface area contributed by atoms with Crippen molar-refractivity contribution in [2.75, 3.05) is 18.4 Å². The van der Waals surface area contributed by atoms with Crippen LogP contribution in [0.2, 0.25) is 0 Å². The van der Waals surface area contributed by atoms with Crippen molar-refractivity contribution in [2.24, 2.45) is 0 Å². The number of anilines is 1. The number of rotatable bonds is 2. The Labute approximate surface area is 123 Å². The van der Waals surface area contributed by atoms with E-state index in [1.165, 1.54) is 4.90 Å². The van der Waals surface area contributed by atoms with Gasteiger partial charge in [0, 0.05) is 18.8 Å². The lowest BCUT2D eigenvalue weighted by molar-refractivity contribution is -0.149. The number of carbonyl (C=O) groups is 3. The highest BCUT2D eigenvalue weighted by Crippen LogP contribution is 2.12. The molecular formula is C15H19N3O3. The molecule has 0 aliphatic carbocycles. The number of hydrogen-bond donors (Lipinski definition) is 2. The minimum atomic E-state index is -0.716. The van der Waals surface area contributed by atoms with Gasteiger partial charge in [0.15, 0.2) is 0 Å². The number of carbonyl (C=O) groups excluding carboxylic acids is 3. The van der Waals surface area contributed by atoms with Crippen molar-refractivity contribution in [1.82, 2.24) is 10.2 Å². The maximum Gasteiger partial charge on any atom is 0.313 e. The Morgan fingerprint density at radius 1 is 1.33 bits per heavy atom. The normalized spacial score (nSPS) is 18.1. The monoisotopic (exact) mass is 289 g/mol. The molecule has 112 valence electrons. The highest BCUT2D eigenvalue weighted by molar-refractivity contribution is 6.40. The van der Waals surface area contributed by atoms with Gasteiger partial charge in [-0.3, -0.25) is 14.4 Å². The second kappa shape index (κ2) is 6.39. The molecule has 1 aromatic rings. The van der Waals surface area contributed by atoms with Gasteiger partial charge < -0.3 is 15.5 Å². The van der Waals surface area contributed by atoms with Crippen LogP contribution >= 0.6 is 0 Å². The number of nitrogens with zero attached hydrogens (tertiary/aromatic N) is 1. The van der Waals surface area contributed by atoms with Crippen LogP contribution in [0.25, 0.3) is 0 Å². The Morgan fingerprint density at radius 3 is 2.62 bits per heavy atom. The van der Waals surface area contributed by atoms with Gasteiger partial charge in [-0.1, -0.05) is 24.6 Å². The summed E-state index contributed by atoms with van der Waals surface area (Å²) in [5.41, 5.74) is 1.63. The van der Waals surface area contributed by atoms with Crippen LogP contribution in [0, 0.1) is 6.92 Å². The molecule has 1 aliphatic heterocycles. The summed E-state index contributed by atoms with van der Waals surface area (Å²) >= 11 is 0. The van der Waals surface area contributed by atoms with E-state index in [9.17, 15) is 14.4 Å². The van der Waals surface area contributed by atoms with Crippen LogP contribution in [0.5, 0.6) is 0 Å². The fourth-order valence-corrected chi connectivity index (χ4v) is 2.32. The molecule has 6 heteroatoms. The Hall–Kier alpha value is -2.37. The number of amides is 3. The van der Waals surface area contributed by atoms with Crippen LogP contribution in [-0.2, 0) is 14.4 Å². The molecule has 1 saturated heterocycles. The summed E-state index contributed by atoms with van der Waals surface area (Å²) in [5, 5.41) is 5.26. The summed E-state index contributed by atoms with van der Waals surface area (Å²) in [6, 6.07) is 6.60. The maximum atomic E-state index is 12.2. The van der Waals surface area contributed by atoms with Crippen molar-refractivity contribution >= 4 is 23.4 Å². The van der Waals surface area contributed by atoms with Gasteiger partial charge >= 0.3 is 11.8 Å². The van der Waals surface area contributed by atoms with Crippen LogP contribution in [-0.4, -0.2) is 41.8 Å². The third-order valence-corrected chi connectivity index (χ3v) is 3.48. The van der Waals surface area contributed by atoms with Crippen molar-refractivity contribution < 1.29 is 14.4 Å². The van der Waals surface area contributed by atoms with Crippen molar-refractivity contribution in [2.45, 2.75) is 26.3 Å². The van der Waals surface area contributed by atoms with Crippen molar-refractivity contribution in [1.29, 1.82) is 0 Å². The number of benzene rings is 1. The number of aryl methyl sites for hydroxylation is 1. The molecule has 0 radical (unpaired) electrons. The summed E-state index contributed by atoms with van der Waals surface area (Å²) in [5.74, 6) is -1.59. The average molecular weight is 289 g/mol. The van der Waals surface area contributed by atoms with Gasteiger partial charge in [0.1, 0.15) is 6.04 Å². The molecule has 2 N–H and O–H groups in total. The topological polar surface area (TPSA) is 78.5 Å². The van der Waals surface area contributed by atoms with Gasteiger partial charge in [0.05, 0.1) is 0 Å². The first-order chi connectivity index (χ1) is 10.0. The van der Waals surface area contributed by atoms with Crippen molar-refractivity contribution in [3.8, 4) is 0 Å². The van der Waals surface area contributed by atoms with Gasteiger partial charge in [-0.15, -0.1) is 0 Å². The minimum Gasteiger partial charge on any atom is -0.353 e. The quantitative estimate of drug-likeness (QED) is 0.786. The highest BCUT2D eigenvalue weighted by Gasteiger charge is 2.34. The van der Waals surface area contributed by atoms with E-state index < -0.39 is 17.9 Å². The van der Waals surface area contributed by atoms with Gasteiger partial charge in [0.2, 0.25) is 5.91 Å². The van der Waals surface area contributed by atoms with E-state index >= 15 is 0 Å². The van der Waals surface area contributed by atoms with E-state index in [0.717, 1.165) is 5.56 Å². The lowest BCUT2D eigenvalue weighted by atomic mass is 10.1. The standard InChI is InChI=1S/C15H19N3O3/c1-3-12-13(19)16-8-9-18(12)15(21)14(20)17-11-6-4-10(2)5-7-11/h4-7,12H,3,8-9H2,1-2H3,(H,16,19)(H,17,20). The average Bonchev–Trinajstić information content (AvgIpc) is 2.48. The summed E-state index contributed by atoms with van der Waals surface area (Å²) in [4.78, 5) is 37.3. The third kappa shape index (κ3) is 3.39. The minimum absolute atomic E-state index is 0.208. The van der Waals surface area contributed by atoms with Crippen molar-refractivity contribution in [3.63, 3.8) is 0 Å². The van der Waals surface area contributed by atoms with E-state index in [1.807, 2.05) is 26.0 Å². The second-order valence-electron chi connectivity index (χ2n) is 5.03. The molecule has 0 saturated carbocycles. The highest BCUT2D eigenvalue weighted by atomic mass is 16.2. The SMILES string of the molecule is CCC1C(=O)NCCN1C(=O)C(=O)Nc1ccc(C)cc1. The van der Waals surface area contributed by atoms with Gasteiger partial charge in [0.25, 0.3) is 0 Å². The molecule has 1 aliphatic rings. The molecular weight excluding hydrogens is 270 g/mol. The number of piperazine rings is 1. The zero-order chi connectivity index (χ0) is 15.4. The fraction of sp³-hybridized carbons (Fsp3) is 0.400. The Morgan fingerprint density at radius 2 is 2.00 bits per heavy atom. The fourth-order valence-electron chi connectivity index (χ4n) is 2.32. The van der Waals surface area contributed by atoms with E-state index in [-0.39, 0.29) is 5.91 Å². The molecule has 2 rings (SSSR count). The van der Waals surface area contributed by atoms with Crippen LogP contribution < -0.4 is 10.6 Å². The summed E-state index contributed by atoms with van der Waals surface area (Å²) in [7, 11) is 0. The third-order valence-electron chi connectivity index (χ3n) is 3.48. The summed E-state index contributed by atoms with van der Waals surface area (Å²) in [6.07, 6.45) is 0.482. The zero-order valence-corrected chi connectivity index (χ0v) is 12.2. The molecule has 0 aromatic heterocycles. The number of hydrogen-bond acceptors (Lipinski definition) is 3. The molecule has 1 atom stereocenters. The molecule has 6 nitrogen and oxygen atoms in total. The molecule has 21 heavy (non-hydrogen) atoms. The predicted molar refractivity (Wildman–Crippen MR) is 78.6 cm³/mol. The Bertz CT molecular complexity index is 554. The first-order valence-corrected chi connectivity index (χ1v) is 6.99.